The van der Waals surface area contributed by atoms with Gasteiger partial charge in [0.2, 0.25) is 5.82 Å². The van der Waals surface area contributed by atoms with Crippen LogP contribution in [0.3, 0.4) is 0 Å². The number of hydrogen-bond donors (Lipinski definition) is 0. The molecule has 2 aromatic rings. The lowest BCUT2D eigenvalue weighted by atomic mass is 10.1. The summed E-state index contributed by atoms with van der Waals surface area (Å²) in [5.74, 6) is -1.12. The van der Waals surface area contributed by atoms with Crippen molar-refractivity contribution in [2.45, 2.75) is 26.9 Å². The highest BCUT2D eigenvalue weighted by Crippen LogP contribution is 2.27. The van der Waals surface area contributed by atoms with Gasteiger partial charge >= 0.3 is 6.18 Å². The van der Waals surface area contributed by atoms with Crippen LogP contribution in [0.2, 0.25) is 0 Å². The first kappa shape index (κ1) is 15.1. The van der Waals surface area contributed by atoms with Crippen molar-refractivity contribution < 1.29 is 13.2 Å². The Morgan fingerprint density at radius 1 is 0.947 bits per heavy atom. The molecule has 0 N–H and O–H groups in total. The summed E-state index contributed by atoms with van der Waals surface area (Å²) in [5.41, 5.74) is 2.41. The molecule has 1 aromatic heterocycles. The molecule has 102 valence electrons. The van der Waals surface area contributed by atoms with E-state index in [1.54, 1.807) is 6.07 Å². The topological polar surface area (TPSA) is 25.8 Å². The van der Waals surface area contributed by atoms with Gasteiger partial charge < -0.3 is 0 Å². The quantitative estimate of drug-likeness (QED) is 0.761. The van der Waals surface area contributed by atoms with E-state index in [1.165, 1.54) is 12.4 Å². The fourth-order valence-electron chi connectivity index (χ4n) is 1.45. The lowest BCUT2D eigenvalue weighted by Crippen LogP contribution is -2.10. The predicted molar refractivity (Wildman–Crippen MR) is 68.6 cm³/mol. The summed E-state index contributed by atoms with van der Waals surface area (Å²) < 4.78 is 36.8. The number of alkyl halides is 3. The van der Waals surface area contributed by atoms with Crippen LogP contribution in [0, 0.1) is 6.92 Å². The number of aryl methyl sites for hydroxylation is 1. The van der Waals surface area contributed by atoms with Crippen LogP contribution in [0.1, 0.15) is 25.2 Å². The van der Waals surface area contributed by atoms with Crippen molar-refractivity contribution in [2.75, 3.05) is 0 Å². The largest absolute Gasteiger partial charge is 0.451 e. The Bertz CT molecular complexity index is 519. The maximum Gasteiger partial charge on any atom is 0.451 e. The van der Waals surface area contributed by atoms with Gasteiger partial charge in [0.1, 0.15) is 0 Å². The standard InChI is InChI=1S/C12H9F3N2.C2H6/c1-8-3-2-4-9(5-8)10-6-16-11(17-7-10)12(13,14)15;1-2/h2-7H,1H3;1-2H3. The Morgan fingerprint density at radius 3 is 2.00 bits per heavy atom. The fourth-order valence-corrected chi connectivity index (χ4v) is 1.45. The molecule has 0 atom stereocenters. The highest BCUT2D eigenvalue weighted by atomic mass is 19.4. The van der Waals surface area contributed by atoms with Crippen LogP contribution in [-0.2, 0) is 6.18 Å². The van der Waals surface area contributed by atoms with Crippen molar-refractivity contribution >= 4 is 0 Å². The van der Waals surface area contributed by atoms with Gasteiger partial charge in [0.15, 0.2) is 0 Å². The SMILES string of the molecule is CC.Cc1cccc(-c2cnc(C(F)(F)F)nc2)c1. The molecule has 0 unspecified atom stereocenters. The van der Waals surface area contributed by atoms with Crippen LogP contribution in [0.25, 0.3) is 11.1 Å². The lowest BCUT2D eigenvalue weighted by Gasteiger charge is -2.06. The molecule has 2 rings (SSSR count). The van der Waals surface area contributed by atoms with Crippen LogP contribution in [-0.4, -0.2) is 9.97 Å². The summed E-state index contributed by atoms with van der Waals surface area (Å²) in [5, 5.41) is 0. The molecular weight excluding hydrogens is 253 g/mol. The minimum Gasteiger partial charge on any atom is -0.232 e. The monoisotopic (exact) mass is 268 g/mol. The van der Waals surface area contributed by atoms with Crippen LogP contribution >= 0.6 is 0 Å². The molecule has 5 heteroatoms. The smallest absolute Gasteiger partial charge is 0.232 e. The molecule has 1 aromatic carbocycles. The van der Waals surface area contributed by atoms with Gasteiger partial charge in [-0.1, -0.05) is 43.7 Å². The number of rotatable bonds is 1. The molecule has 0 saturated heterocycles. The van der Waals surface area contributed by atoms with Crippen LogP contribution in [0.4, 0.5) is 13.2 Å². The van der Waals surface area contributed by atoms with Crippen molar-refractivity contribution in [3.8, 4) is 11.1 Å². The van der Waals surface area contributed by atoms with E-state index in [0.717, 1.165) is 11.1 Å². The Balaban J connectivity index is 0.000000861. The zero-order valence-corrected chi connectivity index (χ0v) is 11.0. The molecule has 0 radical (unpaired) electrons. The number of nitrogens with zero attached hydrogens (tertiary/aromatic N) is 2. The van der Waals surface area contributed by atoms with Gasteiger partial charge in [0.25, 0.3) is 0 Å². The molecule has 0 aliphatic carbocycles. The number of hydrogen-bond acceptors (Lipinski definition) is 2. The molecule has 0 aliphatic rings. The van der Waals surface area contributed by atoms with E-state index in [9.17, 15) is 13.2 Å². The summed E-state index contributed by atoms with van der Waals surface area (Å²) in [6, 6.07) is 7.42. The van der Waals surface area contributed by atoms with Gasteiger partial charge in [-0.15, -0.1) is 0 Å². The predicted octanol–water partition coefficient (Wildman–Crippen LogP) is 4.50. The van der Waals surface area contributed by atoms with E-state index in [-0.39, 0.29) is 0 Å². The second-order valence-corrected chi connectivity index (χ2v) is 3.66. The van der Waals surface area contributed by atoms with E-state index in [1.807, 2.05) is 39.0 Å². The first-order valence-corrected chi connectivity index (χ1v) is 5.93. The van der Waals surface area contributed by atoms with Gasteiger partial charge in [0.05, 0.1) is 0 Å². The Kier molecular flexibility index (Phi) is 5.03. The zero-order valence-electron chi connectivity index (χ0n) is 11.0. The second kappa shape index (κ2) is 6.31. The average molecular weight is 268 g/mol. The first-order valence-electron chi connectivity index (χ1n) is 5.93. The van der Waals surface area contributed by atoms with Gasteiger partial charge in [-0.25, -0.2) is 9.97 Å². The fraction of sp³-hybridized carbons (Fsp3) is 0.286. The lowest BCUT2D eigenvalue weighted by molar-refractivity contribution is -0.144. The summed E-state index contributed by atoms with van der Waals surface area (Å²) in [6.07, 6.45) is -2.12. The Morgan fingerprint density at radius 2 is 1.53 bits per heavy atom. The minimum atomic E-state index is -4.49. The summed E-state index contributed by atoms with van der Waals surface area (Å²) in [4.78, 5) is 6.64. The van der Waals surface area contributed by atoms with Crippen molar-refractivity contribution in [3.63, 3.8) is 0 Å². The molecule has 2 nitrogen and oxygen atoms in total. The Labute approximate surface area is 110 Å². The normalized spacial score (nSPS) is 10.6. The van der Waals surface area contributed by atoms with Crippen LogP contribution < -0.4 is 0 Å². The molecule has 0 aliphatic heterocycles. The third-order valence-corrected chi connectivity index (χ3v) is 2.26. The number of aromatic nitrogens is 2. The first-order chi connectivity index (χ1) is 8.97. The molecule has 0 amide bonds. The van der Waals surface area contributed by atoms with E-state index in [2.05, 4.69) is 9.97 Å². The average Bonchev–Trinajstić information content (AvgIpc) is 2.40. The maximum atomic E-state index is 12.3. The van der Waals surface area contributed by atoms with Crippen molar-refractivity contribution in [1.29, 1.82) is 0 Å². The molecule has 19 heavy (non-hydrogen) atoms. The molecule has 0 saturated carbocycles. The van der Waals surface area contributed by atoms with E-state index < -0.39 is 12.0 Å². The van der Waals surface area contributed by atoms with Gasteiger partial charge in [-0.3, -0.25) is 0 Å². The molecular formula is C14H15F3N2. The number of halogens is 3. The number of benzene rings is 1. The van der Waals surface area contributed by atoms with E-state index >= 15 is 0 Å². The molecule has 0 fully saturated rings. The van der Waals surface area contributed by atoms with Crippen molar-refractivity contribution in [1.82, 2.24) is 9.97 Å². The van der Waals surface area contributed by atoms with Crippen molar-refractivity contribution in [3.05, 3.63) is 48.0 Å². The Hall–Kier alpha value is -1.91. The third-order valence-electron chi connectivity index (χ3n) is 2.26. The van der Waals surface area contributed by atoms with Gasteiger partial charge in [-0.05, 0) is 12.5 Å². The zero-order chi connectivity index (χ0) is 14.5. The van der Waals surface area contributed by atoms with Crippen molar-refractivity contribution in [2.24, 2.45) is 0 Å². The summed E-state index contributed by atoms with van der Waals surface area (Å²) in [6.45, 7) is 5.91. The second-order valence-electron chi connectivity index (χ2n) is 3.66. The molecule has 0 bridgehead atoms. The molecule has 1 heterocycles. The highest BCUT2D eigenvalue weighted by Gasteiger charge is 2.34. The van der Waals surface area contributed by atoms with Crippen LogP contribution in [0.5, 0.6) is 0 Å². The third kappa shape index (κ3) is 4.05. The maximum absolute atomic E-state index is 12.3. The van der Waals surface area contributed by atoms with E-state index in [0.29, 0.717) is 5.56 Å². The van der Waals surface area contributed by atoms with Gasteiger partial charge in [-0.2, -0.15) is 13.2 Å². The van der Waals surface area contributed by atoms with Gasteiger partial charge in [0, 0.05) is 18.0 Å². The minimum absolute atomic E-state index is 0.571. The van der Waals surface area contributed by atoms with E-state index in [4.69, 9.17) is 0 Å². The summed E-state index contributed by atoms with van der Waals surface area (Å²) >= 11 is 0. The highest BCUT2D eigenvalue weighted by molar-refractivity contribution is 5.62. The molecule has 0 spiro atoms. The van der Waals surface area contributed by atoms with Crippen LogP contribution in [0.15, 0.2) is 36.7 Å². The summed E-state index contributed by atoms with van der Waals surface area (Å²) in [7, 11) is 0.